The highest BCUT2D eigenvalue weighted by atomic mass is 16.5. The van der Waals surface area contributed by atoms with Gasteiger partial charge < -0.3 is 10.1 Å². The first-order chi connectivity index (χ1) is 13.7. The minimum Gasteiger partial charge on any atom is -0.493 e. The molecule has 1 amide bonds. The molecule has 0 aliphatic carbocycles. The van der Waals surface area contributed by atoms with Gasteiger partial charge in [-0.05, 0) is 42.3 Å². The number of amides is 1. The topological polar surface area (TPSA) is 87.9 Å². The van der Waals surface area contributed by atoms with Crippen molar-refractivity contribution in [3.8, 4) is 22.9 Å². The quantitative estimate of drug-likeness (QED) is 0.744. The Morgan fingerprint density at radius 2 is 1.93 bits per heavy atom. The Morgan fingerprint density at radius 1 is 1.14 bits per heavy atom. The van der Waals surface area contributed by atoms with E-state index in [1.165, 1.54) is 6.33 Å². The Balaban J connectivity index is 1.34. The van der Waals surface area contributed by atoms with Crippen molar-refractivity contribution in [2.45, 2.75) is 12.3 Å². The molecule has 0 fully saturated rings. The average Bonchev–Trinajstić information content (AvgIpc) is 3.16. The van der Waals surface area contributed by atoms with Gasteiger partial charge in [-0.3, -0.25) is 4.79 Å². The van der Waals surface area contributed by atoms with Crippen LogP contribution < -0.4 is 10.1 Å². The van der Waals surface area contributed by atoms with Crippen LogP contribution >= 0.6 is 0 Å². The summed E-state index contributed by atoms with van der Waals surface area (Å²) in [5, 5.41) is 12.0. The summed E-state index contributed by atoms with van der Waals surface area (Å²) in [5.74, 6) is 0.903. The molecule has 6 heteroatoms. The van der Waals surface area contributed by atoms with Crippen LogP contribution in [-0.4, -0.2) is 29.0 Å². The Hall–Kier alpha value is -3.72. The van der Waals surface area contributed by atoms with Crippen LogP contribution in [-0.2, 0) is 0 Å². The molecule has 0 bridgehead atoms. The minimum absolute atomic E-state index is 0.110. The second-order valence-electron chi connectivity index (χ2n) is 6.62. The van der Waals surface area contributed by atoms with Crippen molar-refractivity contribution in [2.24, 2.45) is 0 Å². The van der Waals surface area contributed by atoms with Crippen LogP contribution in [0, 0.1) is 11.3 Å². The first kappa shape index (κ1) is 17.7. The molecule has 28 heavy (non-hydrogen) atoms. The van der Waals surface area contributed by atoms with Crippen molar-refractivity contribution in [3.05, 3.63) is 77.9 Å². The summed E-state index contributed by atoms with van der Waals surface area (Å²) >= 11 is 0. The second kappa shape index (κ2) is 7.89. The van der Waals surface area contributed by atoms with Crippen molar-refractivity contribution >= 4 is 5.91 Å². The van der Waals surface area contributed by atoms with Crippen molar-refractivity contribution < 1.29 is 9.53 Å². The van der Waals surface area contributed by atoms with Gasteiger partial charge in [0.15, 0.2) is 0 Å². The van der Waals surface area contributed by atoms with Crippen molar-refractivity contribution in [1.29, 1.82) is 5.26 Å². The van der Waals surface area contributed by atoms with E-state index in [0.717, 1.165) is 28.9 Å². The standard InChI is InChI=1S/C22H18N4O2/c23-10-15-1-6-21-20(9-15)18(13-28-21)7-8-26-22(27)17-4-2-16(3-5-17)19-11-24-14-25-12-19/h1-6,9,11-12,14,18H,7-8,13H2,(H,26,27). The molecule has 2 aromatic carbocycles. The first-order valence-electron chi connectivity index (χ1n) is 9.05. The summed E-state index contributed by atoms with van der Waals surface area (Å²) in [7, 11) is 0. The Bertz CT molecular complexity index is 1030. The highest BCUT2D eigenvalue weighted by molar-refractivity contribution is 5.94. The molecule has 0 saturated heterocycles. The fourth-order valence-corrected chi connectivity index (χ4v) is 3.31. The molecule has 3 aromatic rings. The third-order valence-corrected chi connectivity index (χ3v) is 4.84. The van der Waals surface area contributed by atoms with Gasteiger partial charge >= 0.3 is 0 Å². The predicted octanol–water partition coefficient (Wildman–Crippen LogP) is 3.31. The molecule has 1 aliphatic rings. The molecule has 0 spiro atoms. The smallest absolute Gasteiger partial charge is 0.251 e. The second-order valence-corrected chi connectivity index (χ2v) is 6.62. The van der Waals surface area contributed by atoms with Crippen LogP contribution in [0.3, 0.4) is 0 Å². The summed E-state index contributed by atoms with van der Waals surface area (Å²) in [6, 6.07) is 15.0. The average molecular weight is 370 g/mol. The van der Waals surface area contributed by atoms with E-state index in [9.17, 15) is 4.79 Å². The molecular weight excluding hydrogens is 352 g/mol. The van der Waals surface area contributed by atoms with Gasteiger partial charge in [-0.25, -0.2) is 9.97 Å². The number of carbonyl (C=O) groups excluding carboxylic acids is 1. The number of benzene rings is 2. The number of nitrogens with zero attached hydrogens (tertiary/aromatic N) is 3. The summed E-state index contributed by atoms with van der Waals surface area (Å²) in [6.07, 6.45) is 5.72. The van der Waals surface area contributed by atoms with Gasteiger partial charge in [0.1, 0.15) is 12.1 Å². The van der Waals surface area contributed by atoms with Gasteiger partial charge in [0.2, 0.25) is 0 Å². The molecule has 1 unspecified atom stereocenters. The number of fused-ring (bicyclic) bond motifs is 1. The fourth-order valence-electron chi connectivity index (χ4n) is 3.31. The molecule has 0 radical (unpaired) electrons. The normalized spacial score (nSPS) is 14.6. The number of carbonyl (C=O) groups is 1. The predicted molar refractivity (Wildman–Crippen MR) is 104 cm³/mol. The molecule has 2 heterocycles. The van der Waals surface area contributed by atoms with Gasteiger partial charge in [0, 0.05) is 41.5 Å². The summed E-state index contributed by atoms with van der Waals surface area (Å²) in [5.41, 5.74) is 4.15. The molecule has 1 aliphatic heterocycles. The van der Waals surface area contributed by atoms with Crippen molar-refractivity contribution in [1.82, 2.24) is 15.3 Å². The van der Waals surface area contributed by atoms with E-state index in [1.54, 1.807) is 30.6 Å². The van der Waals surface area contributed by atoms with E-state index in [-0.39, 0.29) is 11.8 Å². The number of rotatable bonds is 5. The maximum Gasteiger partial charge on any atom is 0.251 e. The molecule has 138 valence electrons. The molecule has 0 saturated carbocycles. The molecule has 4 rings (SSSR count). The maximum atomic E-state index is 12.4. The Kier molecular flexibility index (Phi) is 4.98. The molecular formula is C22H18N4O2. The number of ether oxygens (including phenoxy) is 1. The maximum absolute atomic E-state index is 12.4. The zero-order valence-corrected chi connectivity index (χ0v) is 15.1. The Labute approximate surface area is 162 Å². The van der Waals surface area contributed by atoms with Gasteiger partial charge in [0.05, 0.1) is 18.2 Å². The van der Waals surface area contributed by atoms with Gasteiger partial charge in [-0.1, -0.05) is 12.1 Å². The van der Waals surface area contributed by atoms with E-state index in [0.29, 0.717) is 24.3 Å². The molecule has 6 nitrogen and oxygen atoms in total. The third kappa shape index (κ3) is 3.69. The number of nitriles is 1. The molecule has 1 N–H and O–H groups in total. The van der Waals surface area contributed by atoms with Crippen LogP contribution in [0.15, 0.2) is 61.2 Å². The lowest BCUT2D eigenvalue weighted by atomic mass is 9.96. The number of hydrogen-bond donors (Lipinski definition) is 1. The highest BCUT2D eigenvalue weighted by Gasteiger charge is 2.24. The van der Waals surface area contributed by atoms with Crippen LogP contribution in [0.2, 0.25) is 0 Å². The number of aromatic nitrogens is 2. The first-order valence-corrected chi connectivity index (χ1v) is 9.05. The lowest BCUT2D eigenvalue weighted by Crippen LogP contribution is -2.25. The monoisotopic (exact) mass is 370 g/mol. The van der Waals surface area contributed by atoms with Crippen LogP contribution in [0.1, 0.15) is 33.8 Å². The third-order valence-electron chi connectivity index (χ3n) is 4.84. The summed E-state index contributed by atoms with van der Waals surface area (Å²) < 4.78 is 5.68. The van der Waals surface area contributed by atoms with E-state index in [1.807, 2.05) is 24.3 Å². The van der Waals surface area contributed by atoms with Crippen molar-refractivity contribution in [2.75, 3.05) is 13.2 Å². The van der Waals surface area contributed by atoms with Gasteiger partial charge in [-0.2, -0.15) is 5.26 Å². The molecule has 1 atom stereocenters. The van der Waals surface area contributed by atoms with E-state index < -0.39 is 0 Å². The van der Waals surface area contributed by atoms with Gasteiger partial charge in [-0.15, -0.1) is 0 Å². The van der Waals surface area contributed by atoms with Crippen LogP contribution in [0.4, 0.5) is 0 Å². The lowest BCUT2D eigenvalue weighted by molar-refractivity contribution is 0.0952. The zero-order valence-electron chi connectivity index (χ0n) is 15.1. The van der Waals surface area contributed by atoms with E-state index >= 15 is 0 Å². The number of hydrogen-bond acceptors (Lipinski definition) is 5. The van der Waals surface area contributed by atoms with E-state index in [2.05, 4.69) is 21.4 Å². The molecule has 1 aromatic heterocycles. The van der Waals surface area contributed by atoms with Crippen molar-refractivity contribution in [3.63, 3.8) is 0 Å². The lowest BCUT2D eigenvalue weighted by Gasteiger charge is -2.10. The zero-order chi connectivity index (χ0) is 19.3. The van der Waals surface area contributed by atoms with Crippen LogP contribution in [0.5, 0.6) is 5.75 Å². The largest absolute Gasteiger partial charge is 0.493 e. The van der Waals surface area contributed by atoms with Gasteiger partial charge in [0.25, 0.3) is 5.91 Å². The Morgan fingerprint density at radius 3 is 2.68 bits per heavy atom. The van der Waals surface area contributed by atoms with Crippen LogP contribution in [0.25, 0.3) is 11.1 Å². The highest BCUT2D eigenvalue weighted by Crippen LogP contribution is 2.36. The summed E-state index contributed by atoms with van der Waals surface area (Å²) in [6.45, 7) is 1.12. The minimum atomic E-state index is -0.110. The SMILES string of the molecule is N#Cc1ccc2c(c1)C(CCNC(=O)c1ccc(-c3cncnc3)cc1)CO2. The fraction of sp³-hybridized carbons (Fsp3) is 0.182. The summed E-state index contributed by atoms with van der Waals surface area (Å²) in [4.78, 5) is 20.4. The number of nitrogens with one attached hydrogen (secondary N) is 1. The van der Waals surface area contributed by atoms with E-state index in [4.69, 9.17) is 10.00 Å².